The van der Waals surface area contributed by atoms with Gasteiger partial charge in [0.05, 0.1) is 4.90 Å². The molecule has 1 aliphatic rings. The van der Waals surface area contributed by atoms with Crippen LogP contribution in [0.1, 0.15) is 5.56 Å². The third-order valence-corrected chi connectivity index (χ3v) is 6.78. The van der Waals surface area contributed by atoms with Gasteiger partial charge in [-0.3, -0.25) is 4.57 Å². The van der Waals surface area contributed by atoms with Gasteiger partial charge in [0.15, 0.2) is 0 Å². The second-order valence-corrected chi connectivity index (χ2v) is 8.41. The molecule has 0 bridgehead atoms. The van der Waals surface area contributed by atoms with Gasteiger partial charge in [-0.05, 0) is 24.6 Å². The Bertz CT molecular complexity index is 1080. The first-order valence-electron chi connectivity index (χ1n) is 8.77. The summed E-state index contributed by atoms with van der Waals surface area (Å²) in [5, 5.41) is 0. The van der Waals surface area contributed by atoms with Crippen molar-refractivity contribution in [3.05, 3.63) is 60.7 Å². The number of halogens is 1. The molecule has 1 saturated heterocycles. The molecule has 1 aromatic carbocycles. The van der Waals surface area contributed by atoms with Gasteiger partial charge >= 0.3 is 0 Å². The van der Waals surface area contributed by atoms with Gasteiger partial charge < -0.3 is 4.90 Å². The third-order valence-electron chi connectivity index (χ3n) is 4.74. The number of rotatable bonds is 4. The topological polar surface area (TPSA) is 84.2 Å². The van der Waals surface area contributed by atoms with Crippen LogP contribution in [0.15, 0.2) is 54.2 Å². The Kier molecular flexibility index (Phi) is 4.82. The number of imidazole rings is 1. The van der Waals surface area contributed by atoms with E-state index in [1.54, 1.807) is 30.2 Å². The minimum absolute atomic E-state index is 0.0189. The second-order valence-electron chi connectivity index (χ2n) is 6.51. The fourth-order valence-corrected chi connectivity index (χ4v) is 4.85. The molecule has 0 unspecified atom stereocenters. The molecule has 1 aliphatic heterocycles. The fraction of sp³-hybridized carbons (Fsp3) is 0.278. The molecular weight excluding hydrogens is 383 g/mol. The van der Waals surface area contributed by atoms with Crippen LogP contribution in [0.25, 0.3) is 5.82 Å². The number of nitrogens with zero attached hydrogens (tertiary/aromatic N) is 6. The summed E-state index contributed by atoms with van der Waals surface area (Å²) in [6.45, 7) is 3.22. The molecule has 4 rings (SSSR count). The lowest BCUT2D eigenvalue weighted by atomic mass is 10.2. The maximum atomic E-state index is 13.6. The number of benzene rings is 1. The first kappa shape index (κ1) is 18.5. The van der Waals surface area contributed by atoms with Crippen LogP contribution < -0.4 is 4.90 Å². The van der Waals surface area contributed by atoms with Crippen LogP contribution in [0, 0.1) is 12.7 Å². The quantitative estimate of drug-likeness (QED) is 0.659. The summed E-state index contributed by atoms with van der Waals surface area (Å²) in [7, 11) is -3.74. The molecule has 0 radical (unpaired) electrons. The van der Waals surface area contributed by atoms with Crippen molar-refractivity contribution in [2.45, 2.75) is 11.8 Å². The van der Waals surface area contributed by atoms with Crippen LogP contribution in [-0.2, 0) is 10.0 Å². The number of sulfonamides is 1. The van der Waals surface area contributed by atoms with Gasteiger partial charge in [-0.15, -0.1) is 0 Å². The summed E-state index contributed by atoms with van der Waals surface area (Å²) >= 11 is 0. The van der Waals surface area contributed by atoms with Crippen molar-refractivity contribution in [2.24, 2.45) is 0 Å². The van der Waals surface area contributed by atoms with Crippen molar-refractivity contribution in [2.75, 3.05) is 31.1 Å². The Hall–Kier alpha value is -2.85. The van der Waals surface area contributed by atoms with Crippen LogP contribution in [0.5, 0.6) is 0 Å². The van der Waals surface area contributed by atoms with E-state index >= 15 is 0 Å². The minimum atomic E-state index is -3.74. The number of piperazine rings is 1. The predicted octanol–water partition coefficient (Wildman–Crippen LogP) is 1.62. The molecule has 146 valence electrons. The van der Waals surface area contributed by atoms with E-state index in [0.717, 1.165) is 11.9 Å². The lowest BCUT2D eigenvalue weighted by Crippen LogP contribution is -2.49. The molecule has 28 heavy (non-hydrogen) atoms. The molecule has 0 spiro atoms. The number of aryl methyl sites for hydroxylation is 1. The average molecular weight is 402 g/mol. The monoisotopic (exact) mass is 402 g/mol. The summed E-state index contributed by atoms with van der Waals surface area (Å²) in [6, 6.07) is 5.66. The van der Waals surface area contributed by atoms with Crippen molar-refractivity contribution in [3.8, 4) is 5.82 Å². The van der Waals surface area contributed by atoms with E-state index in [1.807, 2.05) is 11.0 Å². The molecule has 10 heteroatoms. The van der Waals surface area contributed by atoms with Gasteiger partial charge in [0.25, 0.3) is 0 Å². The van der Waals surface area contributed by atoms with E-state index in [0.29, 0.717) is 37.6 Å². The maximum absolute atomic E-state index is 13.6. The van der Waals surface area contributed by atoms with E-state index in [-0.39, 0.29) is 4.90 Å². The highest BCUT2D eigenvalue weighted by molar-refractivity contribution is 7.89. The molecule has 3 heterocycles. The maximum Gasteiger partial charge on any atom is 0.243 e. The van der Waals surface area contributed by atoms with E-state index in [2.05, 4.69) is 15.0 Å². The third kappa shape index (κ3) is 3.48. The van der Waals surface area contributed by atoms with E-state index in [9.17, 15) is 12.8 Å². The predicted molar refractivity (Wildman–Crippen MR) is 101 cm³/mol. The smallest absolute Gasteiger partial charge is 0.243 e. The average Bonchev–Trinajstić information content (AvgIpc) is 3.25. The number of aromatic nitrogens is 4. The van der Waals surface area contributed by atoms with Crippen molar-refractivity contribution in [1.29, 1.82) is 0 Å². The molecule has 0 saturated carbocycles. The van der Waals surface area contributed by atoms with Crippen molar-refractivity contribution >= 4 is 15.8 Å². The zero-order valence-corrected chi connectivity index (χ0v) is 16.0. The Morgan fingerprint density at radius 2 is 1.79 bits per heavy atom. The molecule has 8 nitrogen and oxygen atoms in total. The van der Waals surface area contributed by atoms with Crippen LogP contribution in [-0.4, -0.2) is 58.4 Å². The summed E-state index contributed by atoms with van der Waals surface area (Å²) in [5.74, 6) is 0.849. The SMILES string of the molecule is Cc1ccc(F)cc1S(=O)(=O)N1CCN(c2cc(-n3ccnc3)ncn2)CC1. The van der Waals surface area contributed by atoms with Gasteiger partial charge in [0, 0.05) is 44.6 Å². The summed E-state index contributed by atoms with van der Waals surface area (Å²) in [6.07, 6.45) is 6.58. The summed E-state index contributed by atoms with van der Waals surface area (Å²) < 4.78 is 42.6. The second kappa shape index (κ2) is 7.28. The Morgan fingerprint density at radius 1 is 1.04 bits per heavy atom. The zero-order valence-electron chi connectivity index (χ0n) is 15.2. The minimum Gasteiger partial charge on any atom is -0.354 e. The van der Waals surface area contributed by atoms with Crippen LogP contribution in [0.4, 0.5) is 10.2 Å². The Balaban J connectivity index is 1.51. The molecule has 2 aromatic heterocycles. The highest BCUT2D eigenvalue weighted by Crippen LogP contribution is 2.23. The Labute approximate surface area is 162 Å². The number of hydrogen-bond donors (Lipinski definition) is 0. The first-order valence-corrected chi connectivity index (χ1v) is 10.2. The van der Waals surface area contributed by atoms with Gasteiger partial charge in [-0.25, -0.2) is 27.8 Å². The van der Waals surface area contributed by atoms with Gasteiger partial charge in [0.1, 0.15) is 30.1 Å². The van der Waals surface area contributed by atoms with Gasteiger partial charge in [-0.2, -0.15) is 4.31 Å². The molecule has 0 atom stereocenters. The van der Waals surface area contributed by atoms with E-state index in [1.165, 1.54) is 22.8 Å². The lowest BCUT2D eigenvalue weighted by molar-refractivity contribution is 0.383. The number of hydrogen-bond acceptors (Lipinski definition) is 6. The standard InChI is InChI=1S/C18H19FN6O2S/c1-14-2-3-15(19)10-16(14)28(26,27)25-8-6-23(7-9-25)17-11-18(22-12-21-17)24-5-4-20-13-24/h2-5,10-13H,6-9H2,1H3. The first-order chi connectivity index (χ1) is 13.4. The zero-order chi connectivity index (χ0) is 19.7. The van der Waals surface area contributed by atoms with Crippen molar-refractivity contribution in [3.63, 3.8) is 0 Å². The molecular formula is C18H19FN6O2S. The lowest BCUT2D eigenvalue weighted by Gasteiger charge is -2.34. The summed E-state index contributed by atoms with van der Waals surface area (Å²) in [5.41, 5.74) is 0.532. The van der Waals surface area contributed by atoms with E-state index in [4.69, 9.17) is 0 Å². The van der Waals surface area contributed by atoms with Gasteiger partial charge in [-0.1, -0.05) is 6.07 Å². The highest BCUT2D eigenvalue weighted by Gasteiger charge is 2.30. The van der Waals surface area contributed by atoms with Crippen molar-refractivity contribution in [1.82, 2.24) is 23.8 Å². The van der Waals surface area contributed by atoms with Crippen LogP contribution in [0.2, 0.25) is 0 Å². The van der Waals surface area contributed by atoms with Crippen LogP contribution in [0.3, 0.4) is 0 Å². The molecule has 0 N–H and O–H groups in total. The largest absolute Gasteiger partial charge is 0.354 e. The number of anilines is 1. The molecule has 0 amide bonds. The van der Waals surface area contributed by atoms with Gasteiger partial charge in [0.2, 0.25) is 10.0 Å². The highest BCUT2D eigenvalue weighted by atomic mass is 32.2. The normalized spacial score (nSPS) is 15.7. The summed E-state index contributed by atoms with van der Waals surface area (Å²) in [4.78, 5) is 14.6. The molecule has 3 aromatic rings. The van der Waals surface area contributed by atoms with Crippen molar-refractivity contribution < 1.29 is 12.8 Å². The van der Waals surface area contributed by atoms with E-state index < -0.39 is 15.8 Å². The van der Waals surface area contributed by atoms with Crippen LogP contribution >= 0.6 is 0 Å². The Morgan fingerprint density at radius 3 is 2.50 bits per heavy atom. The molecule has 0 aliphatic carbocycles. The fourth-order valence-electron chi connectivity index (χ4n) is 3.19. The molecule has 1 fully saturated rings.